The minimum atomic E-state index is -1.94. The maximum atomic E-state index is 8.44. The Hall–Kier alpha value is 0.620. The van der Waals surface area contributed by atoms with Crippen molar-refractivity contribution in [1.29, 1.82) is 0 Å². The molecule has 0 aromatic carbocycles. The molecule has 0 fully saturated rings. The summed E-state index contributed by atoms with van der Waals surface area (Å²) >= 11 is 7.09. The number of hydrogen-bond donors (Lipinski definition) is 4. The van der Waals surface area contributed by atoms with Gasteiger partial charge in [-0.1, -0.05) is 0 Å². The van der Waals surface area contributed by atoms with Crippen LogP contribution in [0.25, 0.3) is 0 Å². The topological polar surface area (TPSA) is 40.5 Å². The molecule has 1 unspecified atom stereocenters. The Morgan fingerprint density at radius 1 is 1.57 bits per heavy atom. The van der Waals surface area contributed by atoms with Crippen LogP contribution in [0.2, 0.25) is 0 Å². The van der Waals surface area contributed by atoms with E-state index in [4.69, 9.17) is 10.2 Å². The first-order chi connectivity index (χ1) is 2.94. The molecule has 0 aliphatic carbocycles. The van der Waals surface area contributed by atoms with Crippen molar-refractivity contribution in [2.24, 2.45) is 0 Å². The fourth-order valence-corrected chi connectivity index (χ4v) is 0. The molecule has 0 radical (unpaired) electrons. The summed E-state index contributed by atoms with van der Waals surface area (Å²) in [6.45, 7) is 1.54. The molecule has 0 heterocycles. The van der Waals surface area contributed by atoms with Crippen molar-refractivity contribution in [3.63, 3.8) is 0 Å². The molecule has 0 saturated heterocycles. The van der Waals surface area contributed by atoms with Gasteiger partial charge in [-0.3, -0.25) is 0 Å². The molecule has 2 nitrogen and oxygen atoms in total. The Kier molecular flexibility index (Phi) is 2.46. The van der Waals surface area contributed by atoms with Crippen molar-refractivity contribution in [1.82, 2.24) is 0 Å². The summed E-state index contributed by atoms with van der Waals surface area (Å²) in [5.74, 6) is 0. The molecule has 2 N–H and O–H groups in total. The van der Waals surface area contributed by atoms with Crippen molar-refractivity contribution < 1.29 is 10.2 Å². The Labute approximate surface area is 53.4 Å². The molecule has 7 heavy (non-hydrogen) atoms. The fourth-order valence-electron chi connectivity index (χ4n) is 0. The molecule has 0 saturated carbocycles. The highest BCUT2D eigenvalue weighted by atomic mass is 32.1. The Balaban J connectivity index is 3.54. The smallest absolute Gasteiger partial charge is 0.222 e. The van der Waals surface area contributed by atoms with E-state index < -0.39 is 10.4 Å². The van der Waals surface area contributed by atoms with Crippen molar-refractivity contribution in [3.8, 4) is 0 Å². The first-order valence-electron chi connectivity index (χ1n) is 1.80. The molecule has 1 atom stereocenters. The minimum absolute atomic E-state index is 0.532. The van der Waals surface area contributed by atoms with E-state index in [0.717, 1.165) is 0 Å². The van der Waals surface area contributed by atoms with Crippen LogP contribution >= 0.6 is 25.3 Å². The van der Waals surface area contributed by atoms with Gasteiger partial charge in [0.05, 0.1) is 5.25 Å². The van der Waals surface area contributed by atoms with Crippen LogP contribution in [0, 0.1) is 0 Å². The van der Waals surface area contributed by atoms with Crippen LogP contribution in [-0.2, 0) is 0 Å². The van der Waals surface area contributed by atoms with E-state index in [2.05, 4.69) is 25.3 Å². The highest BCUT2D eigenvalue weighted by molar-refractivity contribution is 7.85. The molecule has 0 aliphatic heterocycles. The Morgan fingerprint density at radius 3 is 1.71 bits per heavy atom. The summed E-state index contributed by atoms with van der Waals surface area (Å²) in [5.41, 5.74) is 0. The molecular weight excluding hydrogens is 132 g/mol. The molecule has 0 bridgehead atoms. The number of hydrogen-bond acceptors (Lipinski definition) is 4. The number of aliphatic hydroxyl groups is 2. The quantitative estimate of drug-likeness (QED) is 0.303. The number of rotatable bonds is 1. The summed E-state index contributed by atoms with van der Waals surface area (Å²) in [7, 11) is 0. The molecule has 4 heteroatoms. The van der Waals surface area contributed by atoms with Gasteiger partial charge in [-0.2, -0.15) is 12.6 Å². The van der Waals surface area contributed by atoms with Crippen LogP contribution in [0.15, 0.2) is 0 Å². The van der Waals surface area contributed by atoms with Crippen molar-refractivity contribution >= 4 is 25.3 Å². The zero-order valence-electron chi connectivity index (χ0n) is 3.87. The molecule has 0 amide bonds. The summed E-state index contributed by atoms with van der Waals surface area (Å²) in [6, 6.07) is 0. The fraction of sp³-hybridized carbons (Fsp3) is 1.00. The Bertz CT molecular complexity index is 56.4. The van der Waals surface area contributed by atoms with Gasteiger partial charge in [-0.05, 0) is 6.92 Å². The van der Waals surface area contributed by atoms with Gasteiger partial charge in [0.15, 0.2) is 0 Å². The van der Waals surface area contributed by atoms with E-state index in [0.29, 0.717) is 0 Å². The lowest BCUT2D eigenvalue weighted by Gasteiger charge is -2.17. The van der Waals surface area contributed by atoms with Gasteiger partial charge in [-0.15, -0.1) is 12.6 Å². The maximum absolute atomic E-state index is 8.44. The third kappa shape index (κ3) is 3.22. The van der Waals surface area contributed by atoms with E-state index in [-0.39, 0.29) is 0 Å². The normalized spacial score (nSPS) is 16.7. The largest absolute Gasteiger partial charge is 0.357 e. The summed E-state index contributed by atoms with van der Waals surface area (Å²) in [4.78, 5) is 0. The van der Waals surface area contributed by atoms with Gasteiger partial charge in [0, 0.05) is 0 Å². The lowest BCUT2D eigenvalue weighted by molar-refractivity contribution is -0.0702. The van der Waals surface area contributed by atoms with Gasteiger partial charge < -0.3 is 10.2 Å². The highest BCUT2D eigenvalue weighted by Crippen LogP contribution is 2.14. The molecule has 0 aromatic heterocycles. The number of thiol groups is 2. The average Bonchev–Trinajstić information content (AvgIpc) is 1.31. The lowest BCUT2D eigenvalue weighted by atomic mass is 10.5. The zero-order valence-corrected chi connectivity index (χ0v) is 5.66. The molecule has 0 spiro atoms. The van der Waals surface area contributed by atoms with Crippen LogP contribution in [-0.4, -0.2) is 20.6 Å². The average molecular weight is 140 g/mol. The van der Waals surface area contributed by atoms with Gasteiger partial charge in [0.25, 0.3) is 0 Å². The minimum Gasteiger partial charge on any atom is -0.357 e. The maximum Gasteiger partial charge on any atom is 0.222 e. The van der Waals surface area contributed by atoms with E-state index in [1.807, 2.05) is 0 Å². The summed E-state index contributed by atoms with van der Waals surface area (Å²) in [5, 5.41) is 14.4. The second kappa shape index (κ2) is 2.26. The first-order valence-corrected chi connectivity index (χ1v) is 2.76. The van der Waals surface area contributed by atoms with Crippen LogP contribution in [0.4, 0.5) is 0 Å². The van der Waals surface area contributed by atoms with Gasteiger partial charge >= 0.3 is 0 Å². The van der Waals surface area contributed by atoms with Crippen LogP contribution < -0.4 is 0 Å². The van der Waals surface area contributed by atoms with Crippen molar-refractivity contribution in [2.75, 3.05) is 0 Å². The highest BCUT2D eigenvalue weighted by Gasteiger charge is 2.21. The molecular formula is C3H8O2S2. The lowest BCUT2D eigenvalue weighted by Crippen LogP contribution is -2.29. The zero-order chi connectivity index (χ0) is 6.08. The summed E-state index contributed by atoms with van der Waals surface area (Å²) < 4.78 is 0. The van der Waals surface area contributed by atoms with E-state index in [9.17, 15) is 0 Å². The predicted molar refractivity (Wildman–Crippen MR) is 34.6 cm³/mol. The van der Waals surface area contributed by atoms with Gasteiger partial charge in [0.2, 0.25) is 5.12 Å². The van der Waals surface area contributed by atoms with Crippen LogP contribution in [0.5, 0.6) is 0 Å². The van der Waals surface area contributed by atoms with Crippen LogP contribution in [0.1, 0.15) is 6.92 Å². The van der Waals surface area contributed by atoms with Crippen LogP contribution in [0.3, 0.4) is 0 Å². The molecule has 0 aliphatic rings. The molecule has 0 aromatic rings. The Morgan fingerprint density at radius 2 is 1.71 bits per heavy atom. The van der Waals surface area contributed by atoms with Crippen molar-refractivity contribution in [2.45, 2.75) is 17.3 Å². The first kappa shape index (κ1) is 7.62. The van der Waals surface area contributed by atoms with Gasteiger partial charge in [0.1, 0.15) is 0 Å². The summed E-state index contributed by atoms with van der Waals surface area (Å²) in [6.07, 6.45) is 0. The third-order valence-corrected chi connectivity index (χ3v) is 1.51. The van der Waals surface area contributed by atoms with Gasteiger partial charge in [-0.25, -0.2) is 0 Å². The monoisotopic (exact) mass is 140 g/mol. The van der Waals surface area contributed by atoms with E-state index in [1.54, 1.807) is 0 Å². The van der Waals surface area contributed by atoms with Crippen molar-refractivity contribution in [3.05, 3.63) is 0 Å². The van der Waals surface area contributed by atoms with E-state index in [1.165, 1.54) is 6.92 Å². The third-order valence-electron chi connectivity index (χ3n) is 0.561. The van der Waals surface area contributed by atoms with E-state index >= 15 is 0 Å². The SMILES string of the molecule is CC(S)C(O)(O)S. The standard InChI is InChI=1S/C3H8O2S2/c1-2(6)3(4,5)7/h2,4-7H,1H3. The second-order valence-corrected chi connectivity index (χ2v) is 2.80. The predicted octanol–water partition coefficient (Wildman–Crippen LogP) is -0.127. The second-order valence-electron chi connectivity index (χ2n) is 1.36. The molecule has 44 valence electrons. The molecule has 0 rings (SSSR count).